The summed E-state index contributed by atoms with van der Waals surface area (Å²) in [5, 5.41) is 1.18. The van der Waals surface area contributed by atoms with Gasteiger partial charge in [0.05, 0.1) is 0 Å². The van der Waals surface area contributed by atoms with Crippen LogP contribution in [-0.2, 0) is 6.42 Å². The Morgan fingerprint density at radius 1 is 1.05 bits per heavy atom. The molecular weight excluding hydrogens is 273 g/mol. The Kier molecular flexibility index (Phi) is 3.53. The van der Waals surface area contributed by atoms with E-state index in [9.17, 15) is 22.0 Å². The summed E-state index contributed by atoms with van der Waals surface area (Å²) in [6.45, 7) is -0.435. The number of nitrogens with one attached hydrogen (secondary N) is 1. The van der Waals surface area contributed by atoms with E-state index >= 15 is 0 Å². The maximum atomic E-state index is 12.6. The fourth-order valence-electron chi connectivity index (χ4n) is 1.56. The van der Waals surface area contributed by atoms with Crippen molar-refractivity contribution in [3.8, 4) is 11.5 Å². The van der Waals surface area contributed by atoms with Crippen LogP contribution in [-0.4, -0.2) is 25.6 Å². The molecule has 0 bridgehead atoms. The van der Waals surface area contributed by atoms with Gasteiger partial charge in [0.25, 0.3) is 0 Å². The average molecular weight is 283 g/mol. The molecule has 0 saturated heterocycles. The number of hydrogen-bond acceptors (Lipinski definition) is 3. The largest absolute Gasteiger partial charge is 0.469 e. The van der Waals surface area contributed by atoms with Crippen LogP contribution in [0.25, 0.3) is 0 Å². The second-order valence-electron chi connectivity index (χ2n) is 3.94. The van der Waals surface area contributed by atoms with Gasteiger partial charge in [-0.05, 0) is 24.1 Å². The van der Waals surface area contributed by atoms with Gasteiger partial charge < -0.3 is 9.47 Å². The first kappa shape index (κ1) is 13.9. The first-order valence-electron chi connectivity index (χ1n) is 5.38. The average Bonchev–Trinajstić information content (AvgIpc) is 2.74. The van der Waals surface area contributed by atoms with E-state index in [-0.39, 0.29) is 13.2 Å². The molecule has 0 atom stereocenters. The van der Waals surface area contributed by atoms with E-state index in [0.29, 0.717) is 17.1 Å². The second-order valence-corrected chi connectivity index (χ2v) is 3.94. The number of hydrogen-bond donors (Lipinski definition) is 1. The van der Waals surface area contributed by atoms with Gasteiger partial charge in [0.15, 0.2) is 11.5 Å². The lowest BCUT2D eigenvalue weighted by atomic mass is 10.1. The fraction of sp³-hybridized carbons (Fsp3) is 0.455. The van der Waals surface area contributed by atoms with Crippen molar-refractivity contribution < 1.29 is 31.4 Å². The summed E-state index contributed by atoms with van der Waals surface area (Å²) in [6, 6.07) is -0.167. The van der Waals surface area contributed by atoms with Gasteiger partial charge in [-0.1, -0.05) is 6.07 Å². The molecule has 0 spiro atoms. The van der Waals surface area contributed by atoms with E-state index < -0.39 is 18.8 Å². The zero-order valence-corrected chi connectivity index (χ0v) is 9.56. The molecule has 8 heteroatoms. The van der Waals surface area contributed by atoms with Crippen LogP contribution < -0.4 is 14.8 Å². The molecule has 106 valence electrons. The van der Waals surface area contributed by atoms with Gasteiger partial charge in [-0.3, -0.25) is 0 Å². The lowest BCUT2D eigenvalue weighted by Crippen LogP contribution is -2.50. The minimum absolute atomic E-state index is 0.0162. The normalized spacial score (nSPS) is 14.8. The minimum Gasteiger partial charge on any atom is -0.454 e. The van der Waals surface area contributed by atoms with Crippen LogP contribution in [0.3, 0.4) is 0 Å². The van der Waals surface area contributed by atoms with Gasteiger partial charge >= 0.3 is 12.2 Å². The molecule has 0 fully saturated rings. The molecular formula is C11H10F5NO2. The molecule has 0 saturated carbocycles. The number of ether oxygens (including phenoxy) is 2. The highest BCUT2D eigenvalue weighted by atomic mass is 19.4. The third-order valence-electron chi connectivity index (χ3n) is 2.55. The van der Waals surface area contributed by atoms with Crippen molar-refractivity contribution in [3.63, 3.8) is 0 Å². The van der Waals surface area contributed by atoms with Crippen molar-refractivity contribution in [1.82, 2.24) is 5.32 Å². The predicted octanol–water partition coefficient (Wildman–Crippen LogP) is 2.70. The van der Waals surface area contributed by atoms with Gasteiger partial charge in [-0.15, -0.1) is 0 Å². The number of halogens is 5. The smallest absolute Gasteiger partial charge is 0.454 e. The molecule has 0 radical (unpaired) electrons. The number of alkyl halides is 5. The van der Waals surface area contributed by atoms with Crippen LogP contribution in [0.2, 0.25) is 0 Å². The van der Waals surface area contributed by atoms with Crippen molar-refractivity contribution in [2.45, 2.75) is 18.6 Å². The summed E-state index contributed by atoms with van der Waals surface area (Å²) in [5.41, 5.74) is 0.578. The summed E-state index contributed by atoms with van der Waals surface area (Å²) >= 11 is 0. The molecule has 0 aliphatic carbocycles. The molecule has 1 N–H and O–H groups in total. The fourth-order valence-corrected chi connectivity index (χ4v) is 1.56. The van der Waals surface area contributed by atoms with E-state index in [0.717, 1.165) is 0 Å². The Hall–Kier alpha value is -1.57. The molecule has 0 amide bonds. The molecule has 2 rings (SSSR count). The first-order chi connectivity index (χ1) is 8.79. The second kappa shape index (κ2) is 4.84. The number of rotatable bonds is 4. The number of fused-ring (bicyclic) bond motifs is 1. The highest BCUT2D eigenvalue weighted by Crippen LogP contribution is 2.34. The van der Waals surface area contributed by atoms with Crippen molar-refractivity contribution in [1.29, 1.82) is 0 Å². The summed E-state index contributed by atoms with van der Waals surface area (Å²) < 4.78 is 70.9. The van der Waals surface area contributed by atoms with Crippen molar-refractivity contribution in [2.24, 2.45) is 0 Å². The zero-order chi connectivity index (χ0) is 14.1. The van der Waals surface area contributed by atoms with Crippen molar-refractivity contribution >= 4 is 0 Å². The van der Waals surface area contributed by atoms with Gasteiger partial charge in [0, 0.05) is 6.54 Å². The van der Waals surface area contributed by atoms with E-state index in [2.05, 4.69) is 0 Å². The summed E-state index contributed by atoms with van der Waals surface area (Å²) in [4.78, 5) is 0. The SMILES string of the molecule is FC(F)(F)C(F)(F)NCCc1ccc2c(c1)OCO2. The highest BCUT2D eigenvalue weighted by Gasteiger charge is 2.57. The topological polar surface area (TPSA) is 30.5 Å². The molecule has 1 aliphatic rings. The monoisotopic (exact) mass is 283 g/mol. The molecule has 1 heterocycles. The lowest BCUT2D eigenvalue weighted by molar-refractivity contribution is -0.295. The van der Waals surface area contributed by atoms with Gasteiger partial charge in [-0.2, -0.15) is 22.0 Å². The standard InChI is InChI=1S/C11H10F5NO2/c12-10(13,14)11(15,16)17-4-3-7-1-2-8-9(5-7)19-6-18-8/h1-2,5,17H,3-4,6H2. The van der Waals surface area contributed by atoms with Crippen LogP contribution in [0.4, 0.5) is 22.0 Å². The van der Waals surface area contributed by atoms with Gasteiger partial charge in [0.2, 0.25) is 6.79 Å². The lowest BCUT2D eigenvalue weighted by Gasteiger charge is -2.20. The molecule has 1 aliphatic heterocycles. The Morgan fingerprint density at radius 3 is 2.42 bits per heavy atom. The van der Waals surface area contributed by atoms with Crippen LogP contribution >= 0.6 is 0 Å². The molecule has 0 aromatic heterocycles. The third-order valence-corrected chi connectivity index (χ3v) is 2.55. The summed E-state index contributed by atoms with van der Waals surface area (Å²) in [5.74, 6) is 0.984. The molecule has 3 nitrogen and oxygen atoms in total. The van der Waals surface area contributed by atoms with E-state index in [1.807, 2.05) is 0 Å². The zero-order valence-electron chi connectivity index (χ0n) is 9.56. The van der Waals surface area contributed by atoms with Crippen LogP contribution in [0, 0.1) is 0 Å². The first-order valence-corrected chi connectivity index (χ1v) is 5.38. The van der Waals surface area contributed by atoms with E-state index in [4.69, 9.17) is 9.47 Å². The van der Waals surface area contributed by atoms with Crippen molar-refractivity contribution in [2.75, 3.05) is 13.3 Å². The molecule has 0 unspecified atom stereocenters. The Bertz CT molecular complexity index is 461. The van der Waals surface area contributed by atoms with Crippen molar-refractivity contribution in [3.05, 3.63) is 23.8 Å². The summed E-state index contributed by atoms with van der Waals surface area (Å²) in [7, 11) is 0. The maximum Gasteiger partial charge on any atom is 0.469 e. The Balaban J connectivity index is 1.90. The predicted molar refractivity (Wildman–Crippen MR) is 55.3 cm³/mol. The van der Waals surface area contributed by atoms with E-state index in [1.165, 1.54) is 5.32 Å². The Labute approximate surface area is 105 Å². The number of benzene rings is 1. The van der Waals surface area contributed by atoms with Crippen LogP contribution in [0.15, 0.2) is 18.2 Å². The van der Waals surface area contributed by atoms with Gasteiger partial charge in [-0.25, -0.2) is 5.32 Å². The van der Waals surface area contributed by atoms with Crippen LogP contribution in [0.1, 0.15) is 5.56 Å². The summed E-state index contributed by atoms with van der Waals surface area (Å²) in [6.07, 6.45) is -5.58. The minimum atomic E-state index is -5.60. The molecule has 1 aromatic rings. The highest BCUT2D eigenvalue weighted by molar-refractivity contribution is 5.44. The molecule has 1 aromatic carbocycles. The maximum absolute atomic E-state index is 12.6. The molecule has 19 heavy (non-hydrogen) atoms. The van der Waals surface area contributed by atoms with Crippen LogP contribution in [0.5, 0.6) is 11.5 Å². The third kappa shape index (κ3) is 3.06. The Morgan fingerprint density at radius 2 is 1.74 bits per heavy atom. The quantitative estimate of drug-likeness (QED) is 0.681. The van der Waals surface area contributed by atoms with E-state index in [1.54, 1.807) is 18.2 Å². The van der Waals surface area contributed by atoms with Gasteiger partial charge in [0.1, 0.15) is 0 Å².